The number of nitro benzene ring substituents is 1. The van der Waals surface area contributed by atoms with Gasteiger partial charge in [0.1, 0.15) is 6.61 Å². The van der Waals surface area contributed by atoms with E-state index in [1.807, 2.05) is 0 Å². The number of halogens is 1. The lowest BCUT2D eigenvalue weighted by molar-refractivity contribution is -0.384. The van der Waals surface area contributed by atoms with E-state index in [9.17, 15) is 19.7 Å². The van der Waals surface area contributed by atoms with Gasteiger partial charge in [-0.1, -0.05) is 34.7 Å². The lowest BCUT2D eigenvalue weighted by atomic mass is 9.80. The summed E-state index contributed by atoms with van der Waals surface area (Å²) in [4.78, 5) is 36.1. The topological polar surface area (TPSA) is 108 Å². The first kappa shape index (κ1) is 21.9. The minimum Gasteiger partial charge on any atom is -0.463 e. The van der Waals surface area contributed by atoms with E-state index in [1.165, 1.54) is 18.2 Å². The van der Waals surface area contributed by atoms with Crippen LogP contribution in [0.3, 0.4) is 0 Å². The molecule has 1 aromatic carbocycles. The highest BCUT2D eigenvalue weighted by Crippen LogP contribution is 2.40. The van der Waals surface area contributed by atoms with Gasteiger partial charge in [0.05, 0.1) is 28.6 Å². The second kappa shape index (κ2) is 9.67. The lowest BCUT2D eigenvalue weighted by Crippen LogP contribution is -2.32. The van der Waals surface area contributed by atoms with E-state index in [2.05, 4.69) is 27.9 Å². The molecule has 150 valence electrons. The molecule has 1 heterocycles. The number of hydrogen-bond donors (Lipinski definition) is 1. The highest BCUT2D eigenvalue weighted by atomic mass is 127. The Hall–Kier alpha value is -2.43. The number of hydrogen-bond acceptors (Lipinski definition) is 7. The van der Waals surface area contributed by atoms with Crippen molar-refractivity contribution in [3.63, 3.8) is 0 Å². The molecule has 0 radical (unpaired) electrons. The molecule has 0 bridgehead atoms. The van der Waals surface area contributed by atoms with Crippen molar-refractivity contribution in [3.8, 4) is 0 Å². The summed E-state index contributed by atoms with van der Waals surface area (Å²) in [6.07, 6.45) is 0. The second-order valence-corrected chi connectivity index (χ2v) is 7.11. The van der Waals surface area contributed by atoms with Crippen LogP contribution in [0.4, 0.5) is 5.69 Å². The molecule has 0 spiro atoms. The number of carbonyl (C=O) groups excluding carboxylic acids is 2. The zero-order valence-electron chi connectivity index (χ0n) is 15.8. The van der Waals surface area contributed by atoms with Crippen LogP contribution in [0.15, 0.2) is 46.8 Å². The Morgan fingerprint density at radius 1 is 1.18 bits per heavy atom. The largest absolute Gasteiger partial charge is 0.463 e. The molecule has 2 rings (SSSR count). The number of dihydropyridines is 1. The monoisotopic (exact) mass is 500 g/mol. The van der Waals surface area contributed by atoms with Gasteiger partial charge in [-0.05, 0) is 26.3 Å². The number of rotatable bonds is 7. The van der Waals surface area contributed by atoms with Crippen molar-refractivity contribution in [2.24, 2.45) is 0 Å². The molecule has 9 heteroatoms. The zero-order valence-corrected chi connectivity index (χ0v) is 17.9. The number of esters is 2. The molecule has 1 aromatic rings. The fourth-order valence-corrected chi connectivity index (χ4v) is 3.32. The standard InChI is InChI=1S/C19H21IN2O6/c1-4-27-18(23)15-11(2)21-12(3)16(19(24)28-9-8-20)17(15)13-6-5-7-14(10-13)22(25)26/h5-7,10,17,21H,4,8-9H2,1-3H3. The molecule has 0 aliphatic carbocycles. The number of alkyl halides is 1. The molecule has 1 aliphatic heterocycles. The van der Waals surface area contributed by atoms with E-state index in [0.29, 0.717) is 21.4 Å². The van der Waals surface area contributed by atoms with Gasteiger partial charge in [-0.2, -0.15) is 0 Å². The number of nitrogens with one attached hydrogen (secondary N) is 1. The number of allylic oxidation sites excluding steroid dienone is 2. The molecule has 1 aliphatic rings. The predicted molar refractivity (Wildman–Crippen MR) is 111 cm³/mol. The van der Waals surface area contributed by atoms with E-state index in [4.69, 9.17) is 9.47 Å². The SMILES string of the molecule is CCOC(=O)C1=C(C)NC(C)=C(C(=O)OCCI)C1c1cccc([N+](=O)[O-])c1. The fraction of sp³-hybridized carbons (Fsp3) is 0.368. The van der Waals surface area contributed by atoms with Crippen molar-refractivity contribution < 1.29 is 24.0 Å². The van der Waals surface area contributed by atoms with E-state index in [0.717, 1.165) is 0 Å². The smallest absolute Gasteiger partial charge is 0.336 e. The third kappa shape index (κ3) is 4.70. The number of nitrogens with zero attached hydrogens (tertiary/aromatic N) is 1. The Kier molecular flexibility index (Phi) is 7.55. The van der Waals surface area contributed by atoms with Crippen molar-refractivity contribution in [3.05, 3.63) is 62.5 Å². The second-order valence-electron chi connectivity index (χ2n) is 6.03. The molecule has 0 amide bonds. The maximum absolute atomic E-state index is 12.8. The van der Waals surface area contributed by atoms with Crippen LogP contribution < -0.4 is 5.32 Å². The lowest BCUT2D eigenvalue weighted by Gasteiger charge is -2.30. The van der Waals surface area contributed by atoms with Gasteiger partial charge in [-0.3, -0.25) is 10.1 Å². The predicted octanol–water partition coefficient (Wildman–Crippen LogP) is 3.37. The van der Waals surface area contributed by atoms with Gasteiger partial charge in [0.25, 0.3) is 5.69 Å². The average molecular weight is 500 g/mol. The fourth-order valence-electron chi connectivity index (χ4n) is 3.10. The highest BCUT2D eigenvalue weighted by molar-refractivity contribution is 14.1. The van der Waals surface area contributed by atoms with Crippen LogP contribution in [0.5, 0.6) is 0 Å². The van der Waals surface area contributed by atoms with Crippen LogP contribution in [0.25, 0.3) is 0 Å². The van der Waals surface area contributed by atoms with E-state index >= 15 is 0 Å². The molecule has 0 aromatic heterocycles. The first-order chi connectivity index (χ1) is 13.3. The molecular weight excluding hydrogens is 479 g/mol. The first-order valence-electron chi connectivity index (χ1n) is 8.64. The number of ether oxygens (including phenoxy) is 2. The number of carbonyl (C=O) groups is 2. The Morgan fingerprint density at radius 2 is 1.79 bits per heavy atom. The van der Waals surface area contributed by atoms with Gasteiger partial charge < -0.3 is 14.8 Å². The highest BCUT2D eigenvalue weighted by Gasteiger charge is 2.38. The Bertz CT molecular complexity index is 862. The molecular formula is C19H21IN2O6. The Morgan fingerprint density at radius 3 is 2.32 bits per heavy atom. The van der Waals surface area contributed by atoms with Gasteiger partial charge in [0.15, 0.2) is 0 Å². The van der Waals surface area contributed by atoms with Gasteiger partial charge in [0.2, 0.25) is 0 Å². The van der Waals surface area contributed by atoms with E-state index in [-0.39, 0.29) is 30.0 Å². The number of benzene rings is 1. The summed E-state index contributed by atoms with van der Waals surface area (Å²) in [5.74, 6) is -2.00. The maximum Gasteiger partial charge on any atom is 0.336 e. The molecule has 0 saturated carbocycles. The molecule has 0 fully saturated rings. The minimum atomic E-state index is -0.832. The third-order valence-electron chi connectivity index (χ3n) is 4.20. The summed E-state index contributed by atoms with van der Waals surface area (Å²) in [5, 5.41) is 14.3. The van der Waals surface area contributed by atoms with E-state index < -0.39 is 22.8 Å². The van der Waals surface area contributed by atoms with Crippen LogP contribution in [0.2, 0.25) is 0 Å². The number of non-ortho nitro benzene ring substituents is 1. The van der Waals surface area contributed by atoms with Crippen LogP contribution in [0.1, 0.15) is 32.3 Å². The zero-order chi connectivity index (χ0) is 20.8. The summed E-state index contributed by atoms with van der Waals surface area (Å²) in [6.45, 7) is 5.47. The van der Waals surface area contributed by atoms with Gasteiger partial charge in [-0.25, -0.2) is 9.59 Å². The van der Waals surface area contributed by atoms with Crippen molar-refractivity contribution in [1.82, 2.24) is 5.32 Å². The van der Waals surface area contributed by atoms with E-state index in [1.54, 1.807) is 26.8 Å². The summed E-state index contributed by atoms with van der Waals surface area (Å²) in [7, 11) is 0. The summed E-state index contributed by atoms with van der Waals surface area (Å²) in [6, 6.07) is 5.89. The molecule has 1 unspecified atom stereocenters. The van der Waals surface area contributed by atoms with Gasteiger partial charge >= 0.3 is 11.9 Å². The van der Waals surface area contributed by atoms with Crippen LogP contribution in [-0.4, -0.2) is 34.5 Å². The first-order valence-corrected chi connectivity index (χ1v) is 10.2. The summed E-state index contributed by atoms with van der Waals surface area (Å²) in [5.41, 5.74) is 1.83. The molecule has 1 N–H and O–H groups in total. The molecule has 1 atom stereocenters. The van der Waals surface area contributed by atoms with Crippen molar-refractivity contribution >= 4 is 40.2 Å². The number of nitro groups is 1. The Balaban J connectivity index is 2.65. The summed E-state index contributed by atoms with van der Waals surface area (Å²) >= 11 is 2.09. The normalized spacial score (nSPS) is 16.5. The quantitative estimate of drug-likeness (QED) is 0.201. The van der Waals surface area contributed by atoms with Crippen LogP contribution in [-0.2, 0) is 19.1 Å². The maximum atomic E-state index is 12.8. The Labute approximate surface area is 176 Å². The van der Waals surface area contributed by atoms with Crippen LogP contribution >= 0.6 is 22.6 Å². The minimum absolute atomic E-state index is 0.130. The third-order valence-corrected chi connectivity index (χ3v) is 4.64. The molecule has 28 heavy (non-hydrogen) atoms. The van der Waals surface area contributed by atoms with Crippen molar-refractivity contribution in [2.45, 2.75) is 26.7 Å². The molecule has 8 nitrogen and oxygen atoms in total. The molecule has 0 saturated heterocycles. The van der Waals surface area contributed by atoms with Crippen molar-refractivity contribution in [1.29, 1.82) is 0 Å². The average Bonchev–Trinajstić information content (AvgIpc) is 2.65. The van der Waals surface area contributed by atoms with Crippen molar-refractivity contribution in [2.75, 3.05) is 17.6 Å². The summed E-state index contributed by atoms with van der Waals surface area (Å²) < 4.78 is 11.1. The van der Waals surface area contributed by atoms with Gasteiger partial charge in [-0.15, -0.1) is 0 Å². The van der Waals surface area contributed by atoms with Crippen LogP contribution in [0, 0.1) is 10.1 Å². The van der Waals surface area contributed by atoms with Gasteiger partial charge in [0, 0.05) is 28.0 Å².